The number of aromatic nitrogens is 1. The maximum atomic E-state index is 16.1. The van der Waals surface area contributed by atoms with Crippen LogP contribution in [-0.4, -0.2) is 41.0 Å². The Morgan fingerprint density at radius 1 is 1.08 bits per heavy atom. The van der Waals surface area contributed by atoms with Gasteiger partial charge in [-0.1, -0.05) is 42.5 Å². The number of halogens is 2. The molecule has 3 heterocycles. The van der Waals surface area contributed by atoms with Crippen LogP contribution in [0, 0.1) is 11.2 Å². The summed E-state index contributed by atoms with van der Waals surface area (Å²) in [6, 6.07) is 16.8. The fraction of sp³-hybridized carbons (Fsp3) is 0.464. The summed E-state index contributed by atoms with van der Waals surface area (Å²) in [7, 11) is 0. The van der Waals surface area contributed by atoms with Gasteiger partial charge in [0.05, 0.1) is 12.1 Å². The Labute approximate surface area is 207 Å². The first kappa shape index (κ1) is 22.5. The van der Waals surface area contributed by atoms with Crippen molar-refractivity contribution in [2.45, 2.75) is 75.3 Å². The minimum absolute atomic E-state index is 0.0935. The number of benzene rings is 2. The molecule has 4 fully saturated rings. The largest absolute Gasteiger partial charge is 0.381 e. The monoisotopic (exact) mass is 494 g/mol. The van der Waals surface area contributed by atoms with Crippen LogP contribution in [-0.2, 0) is 25.6 Å². The van der Waals surface area contributed by atoms with E-state index in [0.717, 1.165) is 11.1 Å². The van der Waals surface area contributed by atoms with Crippen LogP contribution in [0.1, 0.15) is 43.7 Å². The average molecular weight is 495 g/mol. The van der Waals surface area contributed by atoms with Gasteiger partial charge in [0.2, 0.25) is 0 Å². The zero-order valence-corrected chi connectivity index (χ0v) is 20.1. The summed E-state index contributed by atoms with van der Waals surface area (Å²) in [6.07, 6.45) is -2.03. The fourth-order valence-corrected chi connectivity index (χ4v) is 6.75. The molecule has 36 heavy (non-hydrogen) atoms. The summed E-state index contributed by atoms with van der Waals surface area (Å²) in [5.74, 6) is -1.63. The van der Waals surface area contributed by atoms with Crippen molar-refractivity contribution < 1.29 is 27.7 Å². The van der Waals surface area contributed by atoms with Crippen LogP contribution < -0.4 is 5.73 Å². The van der Waals surface area contributed by atoms with Gasteiger partial charge < -0.3 is 24.7 Å². The Morgan fingerprint density at radius 3 is 2.69 bits per heavy atom. The minimum Gasteiger partial charge on any atom is -0.381 e. The van der Waals surface area contributed by atoms with Crippen molar-refractivity contribution in [3.63, 3.8) is 0 Å². The van der Waals surface area contributed by atoms with E-state index in [9.17, 15) is 4.39 Å². The van der Waals surface area contributed by atoms with Crippen LogP contribution in [0.25, 0.3) is 10.9 Å². The van der Waals surface area contributed by atoms with Gasteiger partial charge in [0, 0.05) is 17.2 Å². The second-order valence-corrected chi connectivity index (χ2v) is 11.0. The normalized spacial score (nSPS) is 37.9. The van der Waals surface area contributed by atoms with Crippen molar-refractivity contribution in [1.29, 1.82) is 0 Å². The number of nitrogens with zero attached hydrogens (tertiary/aromatic N) is 1. The summed E-state index contributed by atoms with van der Waals surface area (Å²) in [5, 5.41) is 0.652. The van der Waals surface area contributed by atoms with E-state index in [1.807, 2.05) is 62.4 Å². The molecule has 0 bridgehead atoms. The Kier molecular flexibility index (Phi) is 4.66. The lowest BCUT2D eigenvalue weighted by atomic mass is 9.88. The maximum absolute atomic E-state index is 16.1. The number of alkyl halides is 1. The molecule has 2 N–H and O–H groups in total. The van der Waals surface area contributed by atoms with Gasteiger partial charge in [0.15, 0.2) is 23.7 Å². The molecule has 2 aliphatic heterocycles. The van der Waals surface area contributed by atoms with Crippen LogP contribution >= 0.6 is 0 Å². The predicted molar refractivity (Wildman–Crippen MR) is 128 cm³/mol. The molecule has 188 valence electrons. The Bertz CT molecular complexity index is 1350. The Morgan fingerprint density at radius 2 is 1.89 bits per heavy atom. The highest BCUT2D eigenvalue weighted by molar-refractivity contribution is 5.81. The minimum atomic E-state index is -1.14. The van der Waals surface area contributed by atoms with Crippen LogP contribution in [0.2, 0.25) is 0 Å². The van der Waals surface area contributed by atoms with Gasteiger partial charge in [-0.25, -0.2) is 13.8 Å². The second-order valence-electron chi connectivity index (χ2n) is 11.0. The number of nitrogens with two attached hydrogens (primary N) is 1. The van der Waals surface area contributed by atoms with Gasteiger partial charge in [0.1, 0.15) is 24.0 Å². The summed E-state index contributed by atoms with van der Waals surface area (Å²) < 4.78 is 55.4. The van der Waals surface area contributed by atoms with Crippen molar-refractivity contribution in [3.05, 3.63) is 71.5 Å². The number of hydrogen-bond donors (Lipinski definition) is 1. The highest BCUT2D eigenvalue weighted by Gasteiger charge is 2.82. The highest BCUT2D eigenvalue weighted by atomic mass is 19.1. The van der Waals surface area contributed by atoms with Gasteiger partial charge >= 0.3 is 0 Å². The number of nitrogen functional groups attached to an aromatic ring is 1. The standard InChI is InChI=1S/C28H28F2N2O4/c1-26(2)35-22-24(36-26)34-25-27(21(30)13-28(22,25)33-14-15-6-4-3-5-7-15)12-18(27)16-8-9-17-10-19(29)23(31)32-20(17)11-16/h3-11,18,21-22,24-25H,12-14H2,1-2H3,(H2,31,32)/t18?,21-,22+,24-,25-,27?,28+/m1/s1. The van der Waals surface area contributed by atoms with Crippen molar-refractivity contribution >= 4 is 16.7 Å². The summed E-state index contributed by atoms with van der Waals surface area (Å²) in [6.45, 7) is 4.00. The van der Waals surface area contributed by atoms with Gasteiger partial charge in [-0.3, -0.25) is 0 Å². The molecule has 6 nitrogen and oxygen atoms in total. The first-order valence-electron chi connectivity index (χ1n) is 12.4. The van der Waals surface area contributed by atoms with E-state index in [1.165, 1.54) is 6.07 Å². The van der Waals surface area contributed by atoms with Crippen LogP contribution in [0.5, 0.6) is 0 Å². The molecule has 8 heteroatoms. The third kappa shape index (κ3) is 3.11. The average Bonchev–Trinajstić information content (AvgIpc) is 3.36. The molecular formula is C28H28F2N2O4. The third-order valence-electron chi connectivity index (χ3n) is 8.44. The van der Waals surface area contributed by atoms with Crippen LogP contribution in [0.4, 0.5) is 14.6 Å². The molecule has 2 aliphatic carbocycles. The van der Waals surface area contributed by atoms with Crippen molar-refractivity contribution in [2.24, 2.45) is 5.41 Å². The number of rotatable bonds is 4. The molecule has 0 radical (unpaired) electrons. The van der Waals surface area contributed by atoms with Crippen molar-refractivity contribution in [1.82, 2.24) is 4.98 Å². The van der Waals surface area contributed by atoms with Gasteiger partial charge in [-0.15, -0.1) is 0 Å². The Hall–Kier alpha value is -2.65. The van der Waals surface area contributed by atoms with E-state index in [0.29, 0.717) is 23.9 Å². The number of hydrogen-bond acceptors (Lipinski definition) is 6. The molecule has 2 unspecified atom stereocenters. The molecule has 1 spiro atoms. The molecular weight excluding hydrogens is 466 g/mol. The maximum Gasteiger partial charge on any atom is 0.190 e. The molecule has 2 aromatic carbocycles. The molecule has 2 saturated heterocycles. The number of fused-ring (bicyclic) bond motifs is 5. The van der Waals surface area contributed by atoms with E-state index in [4.69, 9.17) is 24.7 Å². The van der Waals surface area contributed by atoms with Gasteiger partial charge in [-0.2, -0.15) is 0 Å². The lowest BCUT2D eigenvalue weighted by Crippen LogP contribution is -2.49. The first-order chi connectivity index (χ1) is 17.2. The molecule has 2 saturated carbocycles. The highest BCUT2D eigenvalue weighted by Crippen LogP contribution is 2.74. The zero-order valence-electron chi connectivity index (χ0n) is 20.1. The van der Waals surface area contributed by atoms with Crippen LogP contribution in [0.3, 0.4) is 0 Å². The summed E-state index contributed by atoms with van der Waals surface area (Å²) in [5.41, 5.74) is 6.50. The van der Waals surface area contributed by atoms with Crippen LogP contribution in [0.15, 0.2) is 54.6 Å². The molecule has 4 aliphatic rings. The second kappa shape index (κ2) is 7.44. The molecule has 0 amide bonds. The van der Waals surface area contributed by atoms with E-state index in [1.54, 1.807) is 0 Å². The SMILES string of the molecule is CC1(C)O[C@H]2O[C@@H]3C4(CC4c4ccc5cc(F)c(N)nc5c4)[C@H](F)C[C@]3(OCc3ccccc3)[C@H]2O1. The number of ether oxygens (including phenoxy) is 4. The third-order valence-corrected chi connectivity index (χ3v) is 8.44. The molecule has 3 aromatic rings. The van der Waals surface area contributed by atoms with Gasteiger partial charge in [0.25, 0.3) is 0 Å². The number of anilines is 1. The van der Waals surface area contributed by atoms with E-state index in [-0.39, 0.29) is 18.2 Å². The lowest BCUT2D eigenvalue weighted by molar-refractivity contribution is -0.239. The Balaban J connectivity index is 1.24. The van der Waals surface area contributed by atoms with E-state index < -0.39 is 47.3 Å². The first-order valence-corrected chi connectivity index (χ1v) is 12.4. The summed E-state index contributed by atoms with van der Waals surface area (Å²) >= 11 is 0. The van der Waals surface area contributed by atoms with E-state index in [2.05, 4.69) is 4.98 Å². The topological polar surface area (TPSA) is 75.8 Å². The molecule has 7 atom stereocenters. The zero-order chi connectivity index (χ0) is 24.9. The van der Waals surface area contributed by atoms with Crippen molar-refractivity contribution in [3.8, 4) is 0 Å². The quantitative estimate of drug-likeness (QED) is 0.550. The number of pyridine rings is 1. The van der Waals surface area contributed by atoms with E-state index >= 15 is 4.39 Å². The molecule has 1 aromatic heterocycles. The predicted octanol–water partition coefficient (Wildman–Crippen LogP) is 5.00. The van der Waals surface area contributed by atoms with Crippen molar-refractivity contribution in [2.75, 3.05) is 5.73 Å². The fourth-order valence-electron chi connectivity index (χ4n) is 6.75. The molecule has 7 rings (SSSR count). The lowest BCUT2D eigenvalue weighted by Gasteiger charge is -2.35. The smallest absolute Gasteiger partial charge is 0.190 e. The van der Waals surface area contributed by atoms with Gasteiger partial charge in [-0.05, 0) is 49.4 Å². The summed E-state index contributed by atoms with van der Waals surface area (Å²) in [4.78, 5) is 4.20.